The van der Waals surface area contributed by atoms with Gasteiger partial charge in [0.05, 0.1) is 6.42 Å². The second-order valence-electron chi connectivity index (χ2n) is 7.91. The van der Waals surface area contributed by atoms with Gasteiger partial charge in [-0.05, 0) is 23.3 Å². The number of esters is 1. The zero-order valence-corrected chi connectivity index (χ0v) is 21.7. The fraction of sp³-hybridized carbons (Fsp3) is 0.292. The Morgan fingerprint density at radius 2 is 1.89 bits per heavy atom. The second-order valence-corrected chi connectivity index (χ2v) is 10.1. The SMILES string of the molecule is CC(=O)OCC1=C(C(=O)O)N2C(=O)C(NC(=O)Cc3ccccc3CSc3ccncc3)C2SC1.Cl. The molecule has 2 unspecified atom stereocenters. The van der Waals surface area contributed by atoms with Gasteiger partial charge in [0, 0.05) is 41.3 Å². The Bertz CT molecular complexity index is 1190. The number of carbonyl (C=O) groups is 4. The molecule has 0 aliphatic carbocycles. The van der Waals surface area contributed by atoms with E-state index < -0.39 is 29.3 Å². The second kappa shape index (κ2) is 12.3. The van der Waals surface area contributed by atoms with Crippen LogP contribution in [0.4, 0.5) is 0 Å². The summed E-state index contributed by atoms with van der Waals surface area (Å²) < 4.78 is 4.94. The summed E-state index contributed by atoms with van der Waals surface area (Å²) in [6, 6.07) is 10.7. The number of β-lactam (4-membered cyclic amide) rings is 1. The number of rotatable bonds is 9. The van der Waals surface area contributed by atoms with Crippen LogP contribution in [-0.4, -0.2) is 62.5 Å². The van der Waals surface area contributed by atoms with Gasteiger partial charge in [-0.3, -0.25) is 24.3 Å². The summed E-state index contributed by atoms with van der Waals surface area (Å²) in [5.41, 5.74) is 2.06. The van der Waals surface area contributed by atoms with Crippen molar-refractivity contribution in [3.63, 3.8) is 0 Å². The van der Waals surface area contributed by atoms with Crippen molar-refractivity contribution in [3.05, 3.63) is 71.2 Å². The Kier molecular flexibility index (Phi) is 9.41. The molecule has 0 spiro atoms. The van der Waals surface area contributed by atoms with Crippen LogP contribution in [0.1, 0.15) is 18.1 Å². The average molecular weight is 550 g/mol. The van der Waals surface area contributed by atoms with E-state index in [0.29, 0.717) is 11.3 Å². The number of halogens is 1. The molecule has 9 nitrogen and oxygen atoms in total. The molecule has 1 aromatic heterocycles. The lowest BCUT2D eigenvalue weighted by Gasteiger charge is -2.49. The third-order valence-electron chi connectivity index (χ3n) is 5.53. The predicted molar refractivity (Wildman–Crippen MR) is 138 cm³/mol. The molecule has 2 aliphatic rings. The Labute approximate surface area is 222 Å². The summed E-state index contributed by atoms with van der Waals surface area (Å²) in [5.74, 6) is -1.64. The van der Waals surface area contributed by atoms with Crippen LogP contribution in [0.5, 0.6) is 0 Å². The number of carboxylic acid groups (broad SMARTS) is 1. The first-order valence-electron chi connectivity index (χ1n) is 10.8. The number of nitrogens with one attached hydrogen (secondary N) is 1. The van der Waals surface area contributed by atoms with Crippen LogP contribution in [0.25, 0.3) is 0 Å². The van der Waals surface area contributed by atoms with Gasteiger partial charge in [0.15, 0.2) is 0 Å². The van der Waals surface area contributed by atoms with Gasteiger partial charge in [-0.15, -0.1) is 35.9 Å². The number of nitrogens with zero attached hydrogens (tertiary/aromatic N) is 2. The van der Waals surface area contributed by atoms with Crippen molar-refractivity contribution >= 4 is 59.7 Å². The Morgan fingerprint density at radius 1 is 1.19 bits per heavy atom. The van der Waals surface area contributed by atoms with Gasteiger partial charge in [-0.2, -0.15) is 0 Å². The van der Waals surface area contributed by atoms with Crippen molar-refractivity contribution in [1.29, 1.82) is 0 Å². The number of fused-ring (bicyclic) bond motifs is 1. The monoisotopic (exact) mass is 549 g/mol. The van der Waals surface area contributed by atoms with Crippen molar-refractivity contribution in [2.75, 3.05) is 12.4 Å². The topological polar surface area (TPSA) is 126 Å². The highest BCUT2D eigenvalue weighted by molar-refractivity contribution is 8.00. The molecule has 190 valence electrons. The van der Waals surface area contributed by atoms with Crippen LogP contribution in [0.2, 0.25) is 0 Å². The molecule has 0 bridgehead atoms. The quantitative estimate of drug-likeness (QED) is 0.276. The maximum absolute atomic E-state index is 12.8. The van der Waals surface area contributed by atoms with E-state index in [-0.39, 0.29) is 42.8 Å². The summed E-state index contributed by atoms with van der Waals surface area (Å²) in [6.07, 6.45) is 3.57. The number of thioether (sulfide) groups is 2. The van der Waals surface area contributed by atoms with Crippen LogP contribution in [0.15, 0.2) is 65.0 Å². The molecule has 4 rings (SSSR count). The number of hydrogen-bond acceptors (Lipinski definition) is 8. The first-order chi connectivity index (χ1) is 16.8. The highest BCUT2D eigenvalue weighted by atomic mass is 35.5. The standard InChI is InChI=1S/C24H23N3O6S2.ClH/c1-14(28)33-11-17-13-35-23-20(22(30)27(23)21(17)24(31)32)26-19(29)10-15-4-2-3-5-16(15)12-34-18-6-8-25-9-7-18;/h2-9,20,23H,10-13H2,1H3,(H,26,29)(H,31,32);1H. The fourth-order valence-corrected chi connectivity index (χ4v) is 6.09. The minimum atomic E-state index is -1.27. The Hall–Kier alpha value is -3.02. The van der Waals surface area contributed by atoms with Crippen molar-refractivity contribution in [2.45, 2.75) is 35.4 Å². The number of aromatic nitrogens is 1. The summed E-state index contributed by atoms with van der Waals surface area (Å²) in [7, 11) is 0. The van der Waals surface area contributed by atoms with Gasteiger partial charge < -0.3 is 15.2 Å². The van der Waals surface area contributed by atoms with E-state index in [9.17, 15) is 24.3 Å². The van der Waals surface area contributed by atoms with Gasteiger partial charge in [0.1, 0.15) is 23.7 Å². The van der Waals surface area contributed by atoms with E-state index in [4.69, 9.17) is 4.74 Å². The molecule has 0 saturated carbocycles. The first kappa shape index (κ1) is 27.6. The molecular formula is C24H24ClN3O6S2. The Balaban J connectivity index is 0.00000361. The minimum absolute atomic E-state index is 0. The lowest BCUT2D eigenvalue weighted by molar-refractivity contribution is -0.151. The van der Waals surface area contributed by atoms with Crippen molar-refractivity contribution in [2.24, 2.45) is 0 Å². The molecule has 1 saturated heterocycles. The molecule has 2 amide bonds. The summed E-state index contributed by atoms with van der Waals surface area (Å²) in [6.45, 7) is 1.04. The maximum Gasteiger partial charge on any atom is 0.352 e. The van der Waals surface area contributed by atoms with Crippen LogP contribution in [-0.2, 0) is 36.1 Å². The normalized spacial score (nSPS) is 18.5. The lowest BCUT2D eigenvalue weighted by Crippen LogP contribution is -2.70. The van der Waals surface area contributed by atoms with Gasteiger partial charge in [0.2, 0.25) is 5.91 Å². The van der Waals surface area contributed by atoms with Crippen molar-refractivity contribution in [1.82, 2.24) is 15.2 Å². The minimum Gasteiger partial charge on any atom is -0.477 e. The number of carboxylic acids is 1. The third-order valence-corrected chi connectivity index (χ3v) is 7.93. The van der Waals surface area contributed by atoms with E-state index in [1.54, 1.807) is 24.2 Å². The van der Waals surface area contributed by atoms with Gasteiger partial charge >= 0.3 is 11.9 Å². The molecule has 0 radical (unpaired) electrons. The molecule has 1 fully saturated rings. The molecule has 2 atom stereocenters. The number of amides is 2. The Morgan fingerprint density at radius 3 is 2.56 bits per heavy atom. The zero-order chi connectivity index (χ0) is 24.9. The molecular weight excluding hydrogens is 526 g/mol. The summed E-state index contributed by atoms with van der Waals surface area (Å²) >= 11 is 2.97. The van der Waals surface area contributed by atoms with Crippen LogP contribution >= 0.6 is 35.9 Å². The van der Waals surface area contributed by atoms with Crippen LogP contribution < -0.4 is 5.32 Å². The number of hydrogen-bond donors (Lipinski definition) is 2. The van der Waals surface area contributed by atoms with Crippen molar-refractivity contribution in [3.8, 4) is 0 Å². The van der Waals surface area contributed by atoms with E-state index in [2.05, 4.69) is 10.3 Å². The van der Waals surface area contributed by atoms with Crippen LogP contribution in [0.3, 0.4) is 0 Å². The fourth-order valence-electron chi connectivity index (χ4n) is 3.85. The number of ether oxygens (including phenoxy) is 1. The maximum atomic E-state index is 12.8. The predicted octanol–water partition coefficient (Wildman–Crippen LogP) is 2.64. The molecule has 2 N–H and O–H groups in total. The smallest absolute Gasteiger partial charge is 0.352 e. The molecule has 3 heterocycles. The molecule has 2 aromatic rings. The largest absolute Gasteiger partial charge is 0.477 e. The lowest BCUT2D eigenvalue weighted by atomic mass is 10.0. The third kappa shape index (κ3) is 6.21. The number of pyridine rings is 1. The molecule has 12 heteroatoms. The molecule has 1 aromatic carbocycles. The summed E-state index contributed by atoms with van der Waals surface area (Å²) in [5, 5.41) is 11.9. The highest BCUT2D eigenvalue weighted by Gasteiger charge is 2.54. The van der Waals surface area contributed by atoms with Gasteiger partial charge in [-0.1, -0.05) is 24.3 Å². The van der Waals surface area contributed by atoms with E-state index in [0.717, 1.165) is 16.0 Å². The zero-order valence-electron chi connectivity index (χ0n) is 19.2. The number of benzene rings is 1. The van der Waals surface area contributed by atoms with Gasteiger partial charge in [0.25, 0.3) is 5.91 Å². The number of carbonyl (C=O) groups excluding carboxylic acids is 3. The molecule has 36 heavy (non-hydrogen) atoms. The van der Waals surface area contributed by atoms with Crippen LogP contribution in [0, 0.1) is 0 Å². The van der Waals surface area contributed by atoms with E-state index in [1.807, 2.05) is 36.4 Å². The number of aliphatic carboxylic acids is 1. The highest BCUT2D eigenvalue weighted by Crippen LogP contribution is 2.40. The summed E-state index contributed by atoms with van der Waals surface area (Å²) in [4.78, 5) is 54.8. The van der Waals surface area contributed by atoms with E-state index in [1.165, 1.54) is 23.6 Å². The van der Waals surface area contributed by atoms with E-state index >= 15 is 0 Å². The molecule has 2 aliphatic heterocycles. The van der Waals surface area contributed by atoms with Gasteiger partial charge in [-0.25, -0.2) is 4.79 Å². The first-order valence-corrected chi connectivity index (χ1v) is 12.8. The average Bonchev–Trinajstić information content (AvgIpc) is 2.85. The van der Waals surface area contributed by atoms with Crippen molar-refractivity contribution < 1.29 is 29.0 Å².